The molecule has 0 spiro atoms. The van der Waals surface area contributed by atoms with E-state index in [9.17, 15) is 18.0 Å². The minimum Gasteiger partial charge on any atom is -0.312 e. The minimum atomic E-state index is -4.21. The van der Waals surface area contributed by atoms with Crippen molar-refractivity contribution in [3.63, 3.8) is 0 Å². The molecule has 1 saturated heterocycles. The van der Waals surface area contributed by atoms with Gasteiger partial charge in [0.1, 0.15) is 0 Å². The first-order chi connectivity index (χ1) is 10.9. The number of anilines is 1. The molecule has 2 heterocycles. The van der Waals surface area contributed by atoms with Gasteiger partial charge in [-0.25, -0.2) is 0 Å². The van der Waals surface area contributed by atoms with Crippen LogP contribution in [-0.2, 0) is 11.2 Å². The average molecular weight is 326 g/mol. The van der Waals surface area contributed by atoms with Crippen molar-refractivity contribution < 1.29 is 18.0 Å². The largest absolute Gasteiger partial charge is 0.401 e. The first-order valence-electron chi connectivity index (χ1n) is 8.12. The van der Waals surface area contributed by atoms with Crippen molar-refractivity contribution in [3.8, 4) is 0 Å². The molecule has 3 rings (SSSR count). The number of rotatable bonds is 2. The van der Waals surface area contributed by atoms with Crippen molar-refractivity contribution in [3.05, 3.63) is 29.8 Å². The highest BCUT2D eigenvalue weighted by atomic mass is 19.4. The highest BCUT2D eigenvalue weighted by Gasteiger charge is 2.36. The number of piperidine rings is 1. The predicted octanol–water partition coefficient (Wildman–Crippen LogP) is 3.24. The highest BCUT2D eigenvalue weighted by Crippen LogP contribution is 2.30. The van der Waals surface area contributed by atoms with Crippen LogP contribution in [0.15, 0.2) is 24.3 Å². The van der Waals surface area contributed by atoms with Crippen molar-refractivity contribution in [2.75, 3.05) is 31.1 Å². The van der Waals surface area contributed by atoms with Gasteiger partial charge in [0.05, 0.1) is 12.5 Å². The van der Waals surface area contributed by atoms with E-state index in [0.717, 1.165) is 24.1 Å². The quantitative estimate of drug-likeness (QED) is 0.833. The summed E-state index contributed by atoms with van der Waals surface area (Å²) in [5.74, 6) is -0.360. The molecule has 0 bridgehead atoms. The Kier molecular flexibility index (Phi) is 4.62. The van der Waals surface area contributed by atoms with Gasteiger partial charge in [-0.15, -0.1) is 0 Å². The zero-order chi connectivity index (χ0) is 16.4. The Morgan fingerprint density at radius 1 is 1.17 bits per heavy atom. The van der Waals surface area contributed by atoms with Gasteiger partial charge in [-0.2, -0.15) is 13.2 Å². The summed E-state index contributed by atoms with van der Waals surface area (Å²) < 4.78 is 37.7. The molecule has 1 atom stereocenters. The lowest BCUT2D eigenvalue weighted by atomic mass is 9.94. The normalized spacial score (nSPS) is 22.7. The van der Waals surface area contributed by atoms with Crippen LogP contribution in [0.25, 0.3) is 0 Å². The van der Waals surface area contributed by atoms with E-state index in [-0.39, 0.29) is 18.4 Å². The molecule has 2 aliphatic heterocycles. The van der Waals surface area contributed by atoms with Crippen molar-refractivity contribution in [1.29, 1.82) is 0 Å². The van der Waals surface area contributed by atoms with E-state index in [1.165, 1.54) is 4.90 Å². The van der Waals surface area contributed by atoms with Crippen molar-refractivity contribution in [2.45, 2.75) is 31.9 Å². The zero-order valence-corrected chi connectivity index (χ0v) is 13.0. The third-order valence-electron chi connectivity index (χ3n) is 4.63. The van der Waals surface area contributed by atoms with Crippen molar-refractivity contribution in [2.24, 2.45) is 5.92 Å². The van der Waals surface area contributed by atoms with Gasteiger partial charge < -0.3 is 4.90 Å². The van der Waals surface area contributed by atoms with Crippen LogP contribution < -0.4 is 4.90 Å². The number of para-hydroxylation sites is 1. The molecule has 0 aliphatic carbocycles. The molecule has 6 heteroatoms. The second-order valence-electron chi connectivity index (χ2n) is 6.41. The molecule has 1 fully saturated rings. The first-order valence-corrected chi connectivity index (χ1v) is 8.12. The monoisotopic (exact) mass is 326 g/mol. The summed E-state index contributed by atoms with van der Waals surface area (Å²) in [6, 6.07) is 7.81. The molecule has 1 amide bonds. The maximum absolute atomic E-state index is 12.8. The standard InChI is InChI=1S/C17H21F3N2O/c18-17(19,20)12-21-9-3-7-14(11-21)16(23)22-10-4-6-13-5-1-2-8-15(13)22/h1-2,5,8,14H,3-4,6-7,9-12H2/t14-/m0/s1. The lowest BCUT2D eigenvalue weighted by Gasteiger charge is -2.37. The lowest BCUT2D eigenvalue weighted by Crippen LogP contribution is -2.48. The number of likely N-dealkylation sites (tertiary alicyclic amines) is 1. The number of carbonyl (C=O) groups is 1. The number of benzene rings is 1. The summed E-state index contributed by atoms with van der Waals surface area (Å²) in [4.78, 5) is 16.0. The zero-order valence-electron chi connectivity index (χ0n) is 13.0. The number of hydrogen-bond donors (Lipinski definition) is 0. The Labute approximate surface area is 134 Å². The van der Waals surface area contributed by atoms with E-state index in [4.69, 9.17) is 0 Å². The van der Waals surface area contributed by atoms with Crippen LogP contribution in [0.2, 0.25) is 0 Å². The number of aryl methyl sites for hydroxylation is 1. The smallest absolute Gasteiger partial charge is 0.312 e. The summed E-state index contributed by atoms with van der Waals surface area (Å²) >= 11 is 0. The second-order valence-corrected chi connectivity index (χ2v) is 6.41. The van der Waals surface area contributed by atoms with Gasteiger partial charge in [0.2, 0.25) is 5.91 Å². The Morgan fingerprint density at radius 2 is 1.96 bits per heavy atom. The van der Waals surface area contributed by atoms with E-state index >= 15 is 0 Å². The fourth-order valence-corrected chi connectivity index (χ4v) is 3.64. The fourth-order valence-electron chi connectivity index (χ4n) is 3.64. The lowest BCUT2D eigenvalue weighted by molar-refractivity contribution is -0.151. The molecule has 23 heavy (non-hydrogen) atoms. The molecular weight excluding hydrogens is 305 g/mol. The second kappa shape index (κ2) is 6.51. The van der Waals surface area contributed by atoms with E-state index in [2.05, 4.69) is 0 Å². The maximum Gasteiger partial charge on any atom is 0.401 e. The Hall–Kier alpha value is -1.56. The van der Waals surface area contributed by atoms with Crippen molar-refractivity contribution in [1.82, 2.24) is 4.90 Å². The van der Waals surface area contributed by atoms with Gasteiger partial charge in [-0.1, -0.05) is 18.2 Å². The van der Waals surface area contributed by atoms with Crippen LogP contribution >= 0.6 is 0 Å². The number of carbonyl (C=O) groups excluding carboxylic acids is 1. The van der Waals surface area contributed by atoms with Gasteiger partial charge >= 0.3 is 6.18 Å². The number of alkyl halides is 3. The van der Waals surface area contributed by atoms with E-state index in [0.29, 0.717) is 25.9 Å². The van der Waals surface area contributed by atoms with Crippen LogP contribution in [0.5, 0.6) is 0 Å². The van der Waals surface area contributed by atoms with Crippen LogP contribution in [0, 0.1) is 5.92 Å². The summed E-state index contributed by atoms with van der Waals surface area (Å²) in [6.07, 6.45) is -1.04. The highest BCUT2D eigenvalue weighted by molar-refractivity contribution is 5.96. The molecule has 0 saturated carbocycles. The number of hydrogen-bond acceptors (Lipinski definition) is 2. The van der Waals surface area contributed by atoms with Crippen LogP contribution in [0.1, 0.15) is 24.8 Å². The van der Waals surface area contributed by atoms with Crippen LogP contribution in [-0.4, -0.2) is 43.2 Å². The molecule has 3 nitrogen and oxygen atoms in total. The third-order valence-corrected chi connectivity index (χ3v) is 4.63. The molecular formula is C17H21F3N2O. The van der Waals surface area contributed by atoms with Gasteiger partial charge in [-0.3, -0.25) is 9.69 Å². The van der Waals surface area contributed by atoms with Crippen LogP contribution in [0.3, 0.4) is 0 Å². The Bertz CT molecular complexity index is 573. The maximum atomic E-state index is 12.8. The van der Waals surface area contributed by atoms with Crippen LogP contribution in [0.4, 0.5) is 18.9 Å². The van der Waals surface area contributed by atoms with E-state index in [1.54, 1.807) is 4.90 Å². The predicted molar refractivity (Wildman–Crippen MR) is 82.3 cm³/mol. The SMILES string of the molecule is O=C([C@H]1CCCN(CC(F)(F)F)C1)N1CCCc2ccccc21. The van der Waals surface area contributed by atoms with Crippen molar-refractivity contribution >= 4 is 11.6 Å². The topological polar surface area (TPSA) is 23.6 Å². The molecule has 1 aromatic rings. The summed E-state index contributed by atoms with van der Waals surface area (Å²) in [6.45, 7) is 0.357. The molecule has 0 radical (unpaired) electrons. The summed E-state index contributed by atoms with van der Waals surface area (Å²) in [5, 5.41) is 0. The Balaban J connectivity index is 1.71. The number of halogens is 3. The number of amides is 1. The van der Waals surface area contributed by atoms with E-state index < -0.39 is 12.7 Å². The summed E-state index contributed by atoms with van der Waals surface area (Å²) in [7, 11) is 0. The van der Waals surface area contributed by atoms with Gasteiger partial charge in [-0.05, 0) is 43.9 Å². The average Bonchev–Trinajstić information content (AvgIpc) is 2.52. The Morgan fingerprint density at radius 3 is 2.74 bits per heavy atom. The van der Waals surface area contributed by atoms with E-state index in [1.807, 2.05) is 24.3 Å². The molecule has 0 N–H and O–H groups in total. The van der Waals surface area contributed by atoms with Gasteiger partial charge in [0.15, 0.2) is 0 Å². The number of nitrogens with zero attached hydrogens (tertiary/aromatic N) is 2. The molecule has 0 aromatic heterocycles. The molecule has 0 unspecified atom stereocenters. The molecule has 126 valence electrons. The number of fused-ring (bicyclic) bond motifs is 1. The first kappa shape index (κ1) is 16.3. The minimum absolute atomic E-state index is 0.0241. The van der Waals surface area contributed by atoms with Gasteiger partial charge in [0, 0.05) is 18.8 Å². The summed E-state index contributed by atoms with van der Waals surface area (Å²) in [5.41, 5.74) is 2.08. The van der Waals surface area contributed by atoms with Gasteiger partial charge in [0.25, 0.3) is 0 Å². The molecule has 1 aromatic carbocycles. The third kappa shape index (κ3) is 3.86. The fraction of sp³-hybridized carbons (Fsp3) is 0.588. The molecule has 2 aliphatic rings.